The first-order valence-corrected chi connectivity index (χ1v) is 11.1. The Kier molecular flexibility index (Phi) is 8.24. The summed E-state index contributed by atoms with van der Waals surface area (Å²) in [6.07, 6.45) is -0.788. The number of nitrogens with one attached hydrogen (secondary N) is 2. The Morgan fingerprint density at radius 1 is 1.09 bits per heavy atom. The van der Waals surface area contributed by atoms with Crippen LogP contribution in [-0.4, -0.2) is 53.0 Å². The average molecular weight is 498 g/mol. The number of aliphatic carboxylic acids is 1. The fourth-order valence-electron chi connectivity index (χ4n) is 2.38. The van der Waals surface area contributed by atoms with E-state index in [9.17, 15) is 31.2 Å². The highest BCUT2D eigenvalue weighted by atomic mass is 32.2. The van der Waals surface area contributed by atoms with Crippen molar-refractivity contribution in [3.63, 3.8) is 0 Å². The van der Waals surface area contributed by atoms with Crippen molar-refractivity contribution < 1.29 is 36.3 Å². The largest absolute Gasteiger partial charge is 0.490 e. The number of aromatic nitrogens is 3. The smallest absolute Gasteiger partial charge is 0.475 e. The molecule has 0 atom stereocenters. The number of carboxylic acid groups (broad SMARTS) is 1. The number of alkyl halides is 3. The lowest BCUT2D eigenvalue weighted by atomic mass is 10.1. The molecule has 1 amide bonds. The number of sulfone groups is 1. The summed E-state index contributed by atoms with van der Waals surface area (Å²) in [6, 6.07) is 11.0. The Morgan fingerprint density at radius 2 is 1.65 bits per heavy atom. The minimum Gasteiger partial charge on any atom is -0.475 e. The molecular formula is C20H17F3N4O6S. The lowest BCUT2D eigenvalue weighted by molar-refractivity contribution is -0.192. The average Bonchev–Trinajstić information content (AvgIpc) is 2.78. The molecule has 0 radical (unpaired) electrons. The number of carbonyl (C=O) groups is 2. The van der Waals surface area contributed by atoms with Gasteiger partial charge in [0.2, 0.25) is 0 Å². The van der Waals surface area contributed by atoms with E-state index in [2.05, 4.69) is 20.5 Å². The molecule has 1 aromatic carbocycles. The zero-order valence-electron chi connectivity index (χ0n) is 17.3. The van der Waals surface area contributed by atoms with Crippen LogP contribution in [0.25, 0.3) is 11.3 Å². The molecule has 180 valence electrons. The molecule has 3 N–H and O–H groups in total. The molecule has 0 fully saturated rings. The first kappa shape index (κ1) is 26.2. The van der Waals surface area contributed by atoms with Gasteiger partial charge in [-0.25, -0.2) is 18.3 Å². The maximum absolute atomic E-state index is 12.4. The Hall–Kier alpha value is -4.07. The van der Waals surface area contributed by atoms with E-state index in [1.165, 1.54) is 18.2 Å². The highest BCUT2D eigenvalue weighted by molar-refractivity contribution is 7.90. The second-order valence-corrected chi connectivity index (χ2v) is 8.65. The van der Waals surface area contributed by atoms with Crippen molar-refractivity contribution in [3.8, 4) is 11.3 Å². The number of H-pyrrole nitrogens is 1. The molecular weight excluding hydrogens is 481 g/mol. The SMILES string of the molecule is CS(=O)(=O)c1ccc(CNC(=O)c2cc(-c3ccncc3)n[nH]c2=O)cc1.O=C(O)C(F)(F)F. The molecule has 0 saturated carbocycles. The number of hydrogen-bond donors (Lipinski definition) is 3. The van der Waals surface area contributed by atoms with Gasteiger partial charge in [0.05, 0.1) is 10.6 Å². The van der Waals surface area contributed by atoms with Gasteiger partial charge in [-0.2, -0.15) is 18.3 Å². The summed E-state index contributed by atoms with van der Waals surface area (Å²) < 4.78 is 54.7. The van der Waals surface area contributed by atoms with E-state index in [0.29, 0.717) is 16.8 Å². The lowest BCUT2D eigenvalue weighted by Crippen LogP contribution is -2.29. The molecule has 14 heteroatoms. The van der Waals surface area contributed by atoms with Crippen LogP contribution < -0.4 is 10.9 Å². The number of hydrogen-bond acceptors (Lipinski definition) is 7. The van der Waals surface area contributed by atoms with Gasteiger partial charge < -0.3 is 10.4 Å². The number of rotatable bonds is 5. The van der Waals surface area contributed by atoms with Crippen molar-refractivity contribution >= 4 is 21.7 Å². The third kappa shape index (κ3) is 7.51. The third-order valence-corrected chi connectivity index (χ3v) is 5.20. The van der Waals surface area contributed by atoms with Crippen molar-refractivity contribution in [2.45, 2.75) is 17.6 Å². The van der Waals surface area contributed by atoms with Gasteiger partial charge in [0.15, 0.2) is 9.84 Å². The van der Waals surface area contributed by atoms with Crippen LogP contribution in [-0.2, 0) is 21.2 Å². The van der Waals surface area contributed by atoms with Crippen molar-refractivity contribution in [2.75, 3.05) is 6.26 Å². The van der Waals surface area contributed by atoms with E-state index in [1.54, 1.807) is 36.7 Å². The van der Waals surface area contributed by atoms with E-state index >= 15 is 0 Å². The molecule has 10 nitrogen and oxygen atoms in total. The first-order valence-electron chi connectivity index (χ1n) is 9.16. The van der Waals surface area contributed by atoms with E-state index in [0.717, 1.165) is 6.26 Å². The van der Waals surface area contributed by atoms with Crippen LogP contribution in [0.1, 0.15) is 15.9 Å². The van der Waals surface area contributed by atoms with Crippen LogP contribution in [0.4, 0.5) is 13.2 Å². The molecule has 3 rings (SSSR count). The number of carbonyl (C=O) groups excluding carboxylic acids is 1. The normalized spacial score (nSPS) is 11.2. The fraction of sp³-hybridized carbons (Fsp3) is 0.150. The van der Waals surface area contributed by atoms with Gasteiger partial charge in [0, 0.05) is 30.8 Å². The maximum Gasteiger partial charge on any atom is 0.490 e. The van der Waals surface area contributed by atoms with Crippen molar-refractivity contribution in [1.29, 1.82) is 0 Å². The molecule has 0 bridgehead atoms. The van der Waals surface area contributed by atoms with Crippen LogP contribution in [0.15, 0.2) is 64.5 Å². The molecule has 34 heavy (non-hydrogen) atoms. The van der Waals surface area contributed by atoms with E-state index in [1.807, 2.05) is 0 Å². The van der Waals surface area contributed by atoms with Crippen LogP contribution in [0.5, 0.6) is 0 Å². The molecule has 2 aromatic heterocycles. The van der Waals surface area contributed by atoms with E-state index in [4.69, 9.17) is 9.90 Å². The summed E-state index contributed by atoms with van der Waals surface area (Å²) in [4.78, 5) is 37.3. The van der Waals surface area contributed by atoms with Crippen molar-refractivity contribution in [2.24, 2.45) is 0 Å². The van der Waals surface area contributed by atoms with E-state index < -0.39 is 33.4 Å². The summed E-state index contributed by atoms with van der Waals surface area (Å²) in [7, 11) is -3.27. The molecule has 0 unspecified atom stereocenters. The first-order chi connectivity index (χ1) is 15.8. The fourth-order valence-corrected chi connectivity index (χ4v) is 3.01. The number of pyridine rings is 1. The number of nitrogens with zero attached hydrogens (tertiary/aromatic N) is 2. The zero-order valence-corrected chi connectivity index (χ0v) is 18.1. The minimum absolute atomic E-state index is 0.0652. The van der Waals surface area contributed by atoms with Crippen LogP contribution in [0.3, 0.4) is 0 Å². The summed E-state index contributed by atoms with van der Waals surface area (Å²) in [6.45, 7) is 0.148. The topological polar surface area (TPSA) is 159 Å². The Labute approximate surface area is 190 Å². The number of halogens is 3. The molecule has 3 aromatic rings. The summed E-state index contributed by atoms with van der Waals surface area (Å²) in [5, 5.41) is 16.0. The quantitative estimate of drug-likeness (QED) is 0.480. The predicted octanol–water partition coefficient (Wildman–Crippen LogP) is 1.80. The molecule has 0 spiro atoms. The Morgan fingerprint density at radius 3 is 2.15 bits per heavy atom. The third-order valence-electron chi connectivity index (χ3n) is 4.07. The van der Waals surface area contributed by atoms with Crippen LogP contribution in [0.2, 0.25) is 0 Å². The number of amides is 1. The van der Waals surface area contributed by atoms with Gasteiger partial charge in [-0.3, -0.25) is 14.6 Å². The minimum atomic E-state index is -5.08. The van der Waals surface area contributed by atoms with Gasteiger partial charge in [-0.05, 0) is 35.9 Å². The maximum atomic E-state index is 12.4. The predicted molar refractivity (Wildman–Crippen MR) is 113 cm³/mol. The highest BCUT2D eigenvalue weighted by Crippen LogP contribution is 2.15. The molecule has 0 saturated heterocycles. The Bertz CT molecular complexity index is 1320. The monoisotopic (exact) mass is 498 g/mol. The van der Waals surface area contributed by atoms with Gasteiger partial charge in [0.25, 0.3) is 11.5 Å². The number of benzene rings is 1. The van der Waals surface area contributed by atoms with Crippen molar-refractivity contribution in [1.82, 2.24) is 20.5 Å². The lowest BCUT2D eigenvalue weighted by Gasteiger charge is -2.07. The zero-order chi connectivity index (χ0) is 25.5. The highest BCUT2D eigenvalue weighted by Gasteiger charge is 2.38. The van der Waals surface area contributed by atoms with Crippen LogP contribution in [0, 0.1) is 0 Å². The van der Waals surface area contributed by atoms with Gasteiger partial charge in [-0.1, -0.05) is 12.1 Å². The standard InChI is InChI=1S/C18H16N4O4S.C2HF3O2/c1-27(25,26)14-4-2-12(3-5-14)11-20-17(23)15-10-16(21-22-18(15)24)13-6-8-19-9-7-13;3-2(4,5)1(6)7/h2-10H,11H2,1H3,(H,20,23)(H,22,24);(H,6,7). The summed E-state index contributed by atoms with van der Waals surface area (Å²) in [5.74, 6) is -3.31. The van der Waals surface area contributed by atoms with Crippen molar-refractivity contribution in [3.05, 3.63) is 76.3 Å². The van der Waals surface area contributed by atoms with Gasteiger partial charge >= 0.3 is 12.1 Å². The second-order valence-electron chi connectivity index (χ2n) is 6.63. The molecule has 0 aliphatic carbocycles. The molecule has 0 aliphatic heterocycles. The number of carboxylic acids is 1. The van der Waals surface area contributed by atoms with E-state index in [-0.39, 0.29) is 17.0 Å². The van der Waals surface area contributed by atoms with Crippen LogP contribution >= 0.6 is 0 Å². The summed E-state index contributed by atoms with van der Waals surface area (Å²) >= 11 is 0. The number of aromatic amines is 1. The van der Waals surface area contributed by atoms with Gasteiger partial charge in [0.1, 0.15) is 5.56 Å². The second kappa shape index (κ2) is 10.7. The molecule has 0 aliphatic rings. The Balaban J connectivity index is 0.000000509. The van der Waals surface area contributed by atoms with Gasteiger partial charge in [-0.15, -0.1) is 0 Å². The summed E-state index contributed by atoms with van der Waals surface area (Å²) in [5.41, 5.74) is 1.20. The molecule has 2 heterocycles.